The van der Waals surface area contributed by atoms with E-state index < -0.39 is 17.1 Å². The maximum Gasteiger partial charge on any atom is 0.320 e. The molecule has 0 aromatic rings. The molecule has 2 fully saturated rings. The largest absolute Gasteiger partial charge is 0.459 e. The van der Waals surface area contributed by atoms with E-state index in [-0.39, 0.29) is 37.2 Å². The third-order valence-electron chi connectivity index (χ3n) is 5.79. The minimum atomic E-state index is -2.56. The molecule has 0 radical (unpaired) electrons. The van der Waals surface area contributed by atoms with Gasteiger partial charge in [-0.05, 0) is 91.1 Å². The van der Waals surface area contributed by atoms with Crippen LogP contribution in [-0.2, 0) is 9.53 Å². The Morgan fingerprint density at radius 2 is 1.74 bits per heavy atom. The standard InChI is InChI=1S/C21H37F2NO3/c1-19(2,3)27-18(25)14-24-10-7-15(8-11-24)17(13-20(4,5)26)16-6-9-21(22,23)12-16/h15-17,26H,6-14H2,1-5H3. The number of rotatable bonds is 6. The number of hydrogen-bond donors (Lipinski definition) is 1. The highest BCUT2D eigenvalue weighted by molar-refractivity contribution is 5.72. The van der Waals surface area contributed by atoms with E-state index in [2.05, 4.69) is 4.90 Å². The number of carbonyl (C=O) groups is 1. The van der Waals surface area contributed by atoms with E-state index in [1.807, 2.05) is 20.8 Å². The van der Waals surface area contributed by atoms with E-state index in [4.69, 9.17) is 4.74 Å². The Bertz CT molecular complexity index is 503. The molecule has 2 aliphatic rings. The first-order valence-electron chi connectivity index (χ1n) is 10.3. The van der Waals surface area contributed by atoms with Gasteiger partial charge >= 0.3 is 5.97 Å². The third-order valence-corrected chi connectivity index (χ3v) is 5.79. The number of nitrogens with zero attached hydrogens (tertiary/aromatic N) is 1. The zero-order valence-electron chi connectivity index (χ0n) is 17.6. The topological polar surface area (TPSA) is 49.8 Å². The van der Waals surface area contributed by atoms with Gasteiger partial charge in [0.2, 0.25) is 5.92 Å². The summed E-state index contributed by atoms with van der Waals surface area (Å²) in [5.41, 5.74) is -1.34. The number of aliphatic hydroxyl groups is 1. The monoisotopic (exact) mass is 389 g/mol. The first kappa shape index (κ1) is 22.5. The Balaban J connectivity index is 1.92. The number of piperidine rings is 1. The average Bonchev–Trinajstić information content (AvgIpc) is 2.83. The van der Waals surface area contributed by atoms with Crippen LogP contribution in [0.2, 0.25) is 0 Å². The van der Waals surface area contributed by atoms with Crippen molar-refractivity contribution in [1.29, 1.82) is 0 Å². The van der Waals surface area contributed by atoms with Crippen molar-refractivity contribution < 1.29 is 23.4 Å². The normalized spacial score (nSPS) is 26.1. The molecule has 0 spiro atoms. The van der Waals surface area contributed by atoms with Crippen LogP contribution in [-0.4, -0.2) is 52.7 Å². The Kier molecular flexibility index (Phi) is 6.94. The van der Waals surface area contributed by atoms with E-state index in [0.717, 1.165) is 25.9 Å². The lowest BCUT2D eigenvalue weighted by molar-refractivity contribution is -0.156. The Morgan fingerprint density at radius 1 is 1.15 bits per heavy atom. The molecule has 1 aliphatic carbocycles. The molecular formula is C21H37F2NO3. The van der Waals surface area contributed by atoms with Crippen LogP contribution >= 0.6 is 0 Å². The molecule has 2 rings (SSSR count). The van der Waals surface area contributed by atoms with Crippen molar-refractivity contribution >= 4 is 5.97 Å². The van der Waals surface area contributed by atoms with Gasteiger partial charge in [-0.25, -0.2) is 8.78 Å². The zero-order valence-corrected chi connectivity index (χ0v) is 17.6. The molecule has 0 aromatic carbocycles. The fraction of sp³-hybridized carbons (Fsp3) is 0.952. The SMILES string of the molecule is CC(C)(O)CC(C1CCN(CC(=O)OC(C)(C)C)CC1)C1CCC(F)(F)C1. The Labute approximate surface area is 162 Å². The van der Waals surface area contributed by atoms with E-state index in [0.29, 0.717) is 18.8 Å². The van der Waals surface area contributed by atoms with Gasteiger partial charge in [-0.15, -0.1) is 0 Å². The van der Waals surface area contributed by atoms with Crippen LogP contribution in [0.3, 0.4) is 0 Å². The van der Waals surface area contributed by atoms with Crippen molar-refractivity contribution in [3.05, 3.63) is 0 Å². The second-order valence-corrected chi connectivity index (χ2v) is 10.2. The quantitative estimate of drug-likeness (QED) is 0.690. The number of likely N-dealkylation sites (tertiary alicyclic amines) is 1. The van der Waals surface area contributed by atoms with Crippen LogP contribution in [0.1, 0.15) is 73.1 Å². The fourth-order valence-corrected chi connectivity index (χ4v) is 4.74. The van der Waals surface area contributed by atoms with E-state index in [1.54, 1.807) is 13.8 Å². The summed E-state index contributed by atoms with van der Waals surface area (Å²) in [6, 6.07) is 0. The Morgan fingerprint density at radius 3 is 2.19 bits per heavy atom. The van der Waals surface area contributed by atoms with Crippen molar-refractivity contribution in [2.24, 2.45) is 17.8 Å². The molecule has 1 aliphatic heterocycles. The zero-order chi connectivity index (χ0) is 20.5. The molecule has 0 bridgehead atoms. The van der Waals surface area contributed by atoms with Gasteiger partial charge in [0.05, 0.1) is 12.1 Å². The number of halogens is 2. The fourth-order valence-electron chi connectivity index (χ4n) is 4.74. The van der Waals surface area contributed by atoms with Crippen molar-refractivity contribution in [3.8, 4) is 0 Å². The highest BCUT2D eigenvalue weighted by Crippen LogP contribution is 2.48. The predicted octanol–water partition coefficient (Wildman–Crippen LogP) is 4.25. The summed E-state index contributed by atoms with van der Waals surface area (Å²) in [5, 5.41) is 10.3. The van der Waals surface area contributed by atoms with Gasteiger partial charge in [-0.2, -0.15) is 0 Å². The van der Waals surface area contributed by atoms with E-state index in [9.17, 15) is 18.7 Å². The average molecular weight is 390 g/mol. The van der Waals surface area contributed by atoms with Crippen LogP contribution in [0.4, 0.5) is 8.78 Å². The third kappa shape index (κ3) is 7.65. The molecular weight excluding hydrogens is 352 g/mol. The predicted molar refractivity (Wildman–Crippen MR) is 102 cm³/mol. The van der Waals surface area contributed by atoms with E-state index in [1.165, 1.54) is 0 Å². The second-order valence-electron chi connectivity index (χ2n) is 10.2. The number of ether oxygens (including phenoxy) is 1. The van der Waals surface area contributed by atoms with Crippen molar-refractivity contribution in [2.75, 3.05) is 19.6 Å². The van der Waals surface area contributed by atoms with Gasteiger partial charge in [-0.1, -0.05) is 0 Å². The molecule has 1 saturated heterocycles. The molecule has 1 N–H and O–H groups in total. The number of esters is 1. The minimum absolute atomic E-state index is 0.0196. The molecule has 6 heteroatoms. The van der Waals surface area contributed by atoms with Gasteiger partial charge in [0.15, 0.2) is 0 Å². The van der Waals surface area contributed by atoms with Crippen molar-refractivity contribution in [2.45, 2.75) is 90.3 Å². The summed E-state index contributed by atoms with van der Waals surface area (Å²) in [5.74, 6) is -2.36. The molecule has 158 valence electrons. The first-order chi connectivity index (χ1) is 12.2. The summed E-state index contributed by atoms with van der Waals surface area (Å²) >= 11 is 0. The molecule has 0 aromatic heterocycles. The molecule has 1 saturated carbocycles. The summed E-state index contributed by atoms with van der Waals surface area (Å²) in [6.07, 6.45) is 2.79. The van der Waals surface area contributed by atoms with Gasteiger partial charge in [0.1, 0.15) is 5.60 Å². The summed E-state index contributed by atoms with van der Waals surface area (Å²) < 4.78 is 32.9. The van der Waals surface area contributed by atoms with Crippen LogP contribution in [0.25, 0.3) is 0 Å². The lowest BCUT2D eigenvalue weighted by Gasteiger charge is -2.40. The number of hydrogen-bond acceptors (Lipinski definition) is 4. The van der Waals surface area contributed by atoms with Gasteiger partial charge in [-0.3, -0.25) is 9.69 Å². The highest BCUT2D eigenvalue weighted by atomic mass is 19.3. The van der Waals surface area contributed by atoms with Crippen LogP contribution in [0, 0.1) is 17.8 Å². The van der Waals surface area contributed by atoms with Crippen molar-refractivity contribution in [3.63, 3.8) is 0 Å². The van der Waals surface area contributed by atoms with Crippen LogP contribution in [0.15, 0.2) is 0 Å². The molecule has 4 nitrogen and oxygen atoms in total. The lowest BCUT2D eigenvalue weighted by Crippen LogP contribution is -2.43. The second kappa shape index (κ2) is 8.32. The molecule has 2 unspecified atom stereocenters. The van der Waals surface area contributed by atoms with Crippen LogP contribution in [0.5, 0.6) is 0 Å². The lowest BCUT2D eigenvalue weighted by atomic mass is 9.71. The Hall–Kier alpha value is -0.750. The van der Waals surface area contributed by atoms with Gasteiger partial charge < -0.3 is 9.84 Å². The molecule has 0 amide bonds. The number of alkyl halides is 2. The maximum atomic E-state index is 13.8. The molecule has 1 heterocycles. The number of carbonyl (C=O) groups excluding carboxylic acids is 1. The maximum absolute atomic E-state index is 13.8. The molecule has 2 atom stereocenters. The smallest absolute Gasteiger partial charge is 0.320 e. The summed E-state index contributed by atoms with van der Waals surface area (Å²) in [7, 11) is 0. The first-order valence-corrected chi connectivity index (χ1v) is 10.3. The van der Waals surface area contributed by atoms with Crippen LogP contribution < -0.4 is 0 Å². The van der Waals surface area contributed by atoms with Gasteiger partial charge in [0, 0.05) is 12.8 Å². The minimum Gasteiger partial charge on any atom is -0.459 e. The van der Waals surface area contributed by atoms with E-state index >= 15 is 0 Å². The van der Waals surface area contributed by atoms with Crippen molar-refractivity contribution in [1.82, 2.24) is 4.90 Å². The molecule has 27 heavy (non-hydrogen) atoms. The summed E-state index contributed by atoms with van der Waals surface area (Å²) in [4.78, 5) is 14.1. The van der Waals surface area contributed by atoms with Gasteiger partial charge in [0.25, 0.3) is 0 Å². The highest BCUT2D eigenvalue weighted by Gasteiger charge is 2.45. The summed E-state index contributed by atoms with van der Waals surface area (Å²) in [6.45, 7) is 10.9.